The molecule has 0 aliphatic carbocycles. The first kappa shape index (κ1) is 20.3. The number of Topliss-reactive ketones (excluding diaryl/α,β-unsaturated/α-hetero) is 1. The summed E-state index contributed by atoms with van der Waals surface area (Å²) in [6.07, 6.45) is 0. The number of aryl methyl sites for hydroxylation is 1. The maximum Gasteiger partial charge on any atom is 0.289 e. The molecular formula is C26H25N3O3. The lowest BCUT2D eigenvalue weighted by Gasteiger charge is -2.33. The highest BCUT2D eigenvalue weighted by molar-refractivity contribution is 6.14. The van der Waals surface area contributed by atoms with E-state index in [0.29, 0.717) is 38.5 Å². The number of furan rings is 1. The lowest BCUT2D eigenvalue weighted by atomic mass is 10.0. The molecule has 1 saturated heterocycles. The Hall–Kier alpha value is -3.64. The van der Waals surface area contributed by atoms with Gasteiger partial charge in [-0.05, 0) is 30.7 Å². The third kappa shape index (κ3) is 3.85. The van der Waals surface area contributed by atoms with E-state index in [-0.39, 0.29) is 11.7 Å². The number of hydrogen-bond donors (Lipinski definition) is 1. The van der Waals surface area contributed by atoms with Crippen LogP contribution in [-0.4, -0.2) is 59.2 Å². The van der Waals surface area contributed by atoms with Crippen LogP contribution in [0.2, 0.25) is 0 Å². The predicted octanol–water partition coefficient (Wildman–Crippen LogP) is 4.38. The second kappa shape index (κ2) is 8.48. The number of ketones is 1. The Morgan fingerprint density at radius 2 is 1.62 bits per heavy atom. The van der Waals surface area contributed by atoms with Crippen molar-refractivity contribution in [1.29, 1.82) is 0 Å². The first-order valence-electron chi connectivity index (χ1n) is 10.9. The molecule has 1 aliphatic rings. The lowest BCUT2D eigenvalue weighted by molar-refractivity contribution is 0.0595. The zero-order valence-electron chi connectivity index (χ0n) is 18.0. The van der Waals surface area contributed by atoms with Crippen LogP contribution in [0.3, 0.4) is 0 Å². The number of carbonyl (C=O) groups excluding carboxylic acids is 2. The summed E-state index contributed by atoms with van der Waals surface area (Å²) in [6, 6.07) is 21.4. The molecule has 162 valence electrons. The lowest BCUT2D eigenvalue weighted by Crippen LogP contribution is -2.49. The van der Waals surface area contributed by atoms with E-state index in [2.05, 4.69) is 9.88 Å². The van der Waals surface area contributed by atoms with Crippen LogP contribution in [0.15, 0.2) is 71.1 Å². The fraction of sp³-hybridized carbons (Fsp3) is 0.231. The molecule has 0 saturated carbocycles. The highest BCUT2D eigenvalue weighted by Gasteiger charge is 2.27. The van der Waals surface area contributed by atoms with Gasteiger partial charge in [-0.25, -0.2) is 0 Å². The summed E-state index contributed by atoms with van der Waals surface area (Å²) >= 11 is 0. The minimum Gasteiger partial charge on any atom is -0.456 e. The highest BCUT2D eigenvalue weighted by Crippen LogP contribution is 2.31. The molecule has 4 aromatic rings. The van der Waals surface area contributed by atoms with Gasteiger partial charge in [0.2, 0.25) is 0 Å². The van der Waals surface area contributed by atoms with Gasteiger partial charge in [0.25, 0.3) is 5.91 Å². The Labute approximate surface area is 186 Å². The maximum atomic E-state index is 13.5. The second-order valence-corrected chi connectivity index (χ2v) is 8.19. The number of rotatable bonds is 5. The van der Waals surface area contributed by atoms with Crippen molar-refractivity contribution in [1.82, 2.24) is 14.8 Å². The van der Waals surface area contributed by atoms with E-state index in [1.807, 2.05) is 61.5 Å². The monoisotopic (exact) mass is 427 g/mol. The third-order valence-corrected chi connectivity index (χ3v) is 6.03. The number of aromatic amines is 1. The number of nitrogens with one attached hydrogen (secondary N) is 1. The van der Waals surface area contributed by atoms with Gasteiger partial charge >= 0.3 is 0 Å². The average molecular weight is 428 g/mol. The number of aromatic nitrogens is 1. The number of nitrogens with zero attached hydrogens (tertiary/aromatic N) is 2. The van der Waals surface area contributed by atoms with Gasteiger partial charge in [-0.3, -0.25) is 14.5 Å². The molecule has 0 spiro atoms. The SMILES string of the molecule is Cc1ccc(C(=O)N2CCN(CC(=O)c3c(-c4ccccc4)[nH]c4ccccc34)CC2)o1. The van der Waals surface area contributed by atoms with Gasteiger partial charge in [0, 0.05) is 37.1 Å². The quantitative estimate of drug-likeness (QED) is 0.480. The summed E-state index contributed by atoms with van der Waals surface area (Å²) in [4.78, 5) is 33.4. The van der Waals surface area contributed by atoms with E-state index in [0.717, 1.165) is 33.5 Å². The van der Waals surface area contributed by atoms with E-state index < -0.39 is 0 Å². The van der Waals surface area contributed by atoms with Crippen LogP contribution >= 0.6 is 0 Å². The molecule has 2 aromatic carbocycles. The predicted molar refractivity (Wildman–Crippen MR) is 124 cm³/mol. The zero-order chi connectivity index (χ0) is 22.1. The summed E-state index contributed by atoms with van der Waals surface area (Å²) in [5.41, 5.74) is 3.55. The van der Waals surface area contributed by atoms with Crippen molar-refractivity contribution >= 4 is 22.6 Å². The van der Waals surface area contributed by atoms with E-state index in [9.17, 15) is 9.59 Å². The fourth-order valence-corrected chi connectivity index (χ4v) is 4.35. The second-order valence-electron chi connectivity index (χ2n) is 8.19. The first-order valence-corrected chi connectivity index (χ1v) is 10.9. The Morgan fingerprint density at radius 1 is 0.906 bits per heavy atom. The third-order valence-electron chi connectivity index (χ3n) is 6.03. The maximum absolute atomic E-state index is 13.5. The number of benzene rings is 2. The molecule has 6 nitrogen and oxygen atoms in total. The van der Waals surface area contributed by atoms with Gasteiger partial charge in [-0.2, -0.15) is 0 Å². The van der Waals surface area contributed by atoms with Crippen LogP contribution in [0.25, 0.3) is 22.2 Å². The van der Waals surface area contributed by atoms with Gasteiger partial charge in [0.1, 0.15) is 5.76 Å². The van der Waals surface area contributed by atoms with Gasteiger partial charge in [-0.15, -0.1) is 0 Å². The normalized spacial score (nSPS) is 14.7. The summed E-state index contributed by atoms with van der Waals surface area (Å²) in [5.74, 6) is 1.10. The van der Waals surface area contributed by atoms with Gasteiger partial charge in [0.05, 0.1) is 17.8 Å². The van der Waals surface area contributed by atoms with Crippen molar-refractivity contribution in [2.24, 2.45) is 0 Å². The number of fused-ring (bicyclic) bond motifs is 1. The molecule has 5 rings (SSSR count). The van der Waals surface area contributed by atoms with Crippen LogP contribution in [0.1, 0.15) is 26.7 Å². The van der Waals surface area contributed by atoms with E-state index in [4.69, 9.17) is 4.42 Å². The van der Waals surface area contributed by atoms with Crippen LogP contribution in [0.4, 0.5) is 0 Å². The summed E-state index contributed by atoms with van der Waals surface area (Å²) in [5, 5.41) is 0.943. The van der Waals surface area contributed by atoms with Crippen molar-refractivity contribution in [3.8, 4) is 11.3 Å². The Kier molecular flexibility index (Phi) is 5.37. The molecular weight excluding hydrogens is 402 g/mol. The number of amides is 1. The topological polar surface area (TPSA) is 69.6 Å². The fourth-order valence-electron chi connectivity index (χ4n) is 4.35. The largest absolute Gasteiger partial charge is 0.456 e. The Balaban J connectivity index is 1.32. The van der Waals surface area contributed by atoms with Crippen molar-refractivity contribution in [3.63, 3.8) is 0 Å². The number of piperazine rings is 1. The Bertz CT molecular complexity index is 1260. The van der Waals surface area contributed by atoms with Crippen molar-refractivity contribution in [2.45, 2.75) is 6.92 Å². The molecule has 32 heavy (non-hydrogen) atoms. The average Bonchev–Trinajstić information content (AvgIpc) is 3.43. The summed E-state index contributed by atoms with van der Waals surface area (Å²) < 4.78 is 5.47. The van der Waals surface area contributed by atoms with Crippen LogP contribution < -0.4 is 0 Å². The van der Waals surface area contributed by atoms with Crippen LogP contribution in [-0.2, 0) is 0 Å². The number of para-hydroxylation sites is 1. The molecule has 6 heteroatoms. The molecule has 0 unspecified atom stereocenters. The molecule has 0 atom stereocenters. The van der Waals surface area contributed by atoms with Crippen LogP contribution in [0, 0.1) is 6.92 Å². The minimum atomic E-state index is -0.0907. The number of carbonyl (C=O) groups is 2. The molecule has 1 aliphatic heterocycles. The number of hydrogen-bond acceptors (Lipinski definition) is 4. The van der Waals surface area contributed by atoms with E-state index >= 15 is 0 Å². The summed E-state index contributed by atoms with van der Waals surface area (Å²) in [6.45, 7) is 4.61. The molecule has 1 fully saturated rings. The van der Waals surface area contributed by atoms with Gasteiger partial charge in [-0.1, -0.05) is 48.5 Å². The van der Waals surface area contributed by atoms with E-state index in [1.165, 1.54) is 0 Å². The molecule has 2 aromatic heterocycles. The van der Waals surface area contributed by atoms with Crippen LogP contribution in [0.5, 0.6) is 0 Å². The molecule has 1 N–H and O–H groups in total. The van der Waals surface area contributed by atoms with Gasteiger partial charge < -0.3 is 14.3 Å². The van der Waals surface area contributed by atoms with Gasteiger partial charge in [0.15, 0.2) is 11.5 Å². The van der Waals surface area contributed by atoms with E-state index in [1.54, 1.807) is 17.0 Å². The molecule has 0 bridgehead atoms. The summed E-state index contributed by atoms with van der Waals surface area (Å²) in [7, 11) is 0. The van der Waals surface area contributed by atoms with Crippen molar-refractivity contribution in [3.05, 3.63) is 83.8 Å². The zero-order valence-corrected chi connectivity index (χ0v) is 18.0. The van der Waals surface area contributed by atoms with Crippen molar-refractivity contribution in [2.75, 3.05) is 32.7 Å². The number of H-pyrrole nitrogens is 1. The molecule has 1 amide bonds. The minimum absolute atomic E-state index is 0.0859. The smallest absolute Gasteiger partial charge is 0.289 e. The first-order chi connectivity index (χ1) is 15.6. The standard InChI is InChI=1S/C26H25N3O3/c1-18-11-12-23(32-18)26(31)29-15-13-28(14-16-29)17-22(30)24-20-9-5-6-10-21(20)27-25(24)19-7-3-2-4-8-19/h2-12,27H,13-17H2,1H3. The van der Waals surface area contributed by atoms with Crippen molar-refractivity contribution < 1.29 is 14.0 Å². The highest BCUT2D eigenvalue weighted by atomic mass is 16.3. The Morgan fingerprint density at radius 3 is 2.34 bits per heavy atom. The molecule has 0 radical (unpaired) electrons. The molecule has 3 heterocycles.